The molecule has 10 rings (SSSR count). The van der Waals surface area contributed by atoms with Crippen LogP contribution in [0, 0.1) is 11.8 Å². The van der Waals surface area contributed by atoms with Crippen molar-refractivity contribution >= 4 is 34.9 Å². The molecule has 0 bridgehead atoms. The first-order valence-corrected chi connectivity index (χ1v) is 22.5. The van der Waals surface area contributed by atoms with E-state index in [1.165, 1.54) is 25.9 Å². The Kier molecular flexibility index (Phi) is 11.5. The van der Waals surface area contributed by atoms with E-state index < -0.39 is 6.04 Å². The number of likely N-dealkylation sites (tertiary alicyclic amines) is 2. The highest BCUT2D eigenvalue weighted by molar-refractivity contribution is 6.17. The van der Waals surface area contributed by atoms with Gasteiger partial charge in [0, 0.05) is 75.6 Å². The molecule has 4 aromatic rings. The molecule has 2 atom stereocenters. The topological polar surface area (TPSA) is 153 Å². The molecule has 3 amide bonds. The van der Waals surface area contributed by atoms with Crippen molar-refractivity contribution < 1.29 is 19.1 Å². The molecule has 3 N–H and O–H groups in total. The molecular weight excluding hydrogens is 781 g/mol. The smallest absolute Gasteiger partial charge is 0.255 e. The Balaban J connectivity index is 0.654. The Morgan fingerprint density at radius 2 is 1.45 bits per heavy atom. The molecule has 14 nitrogen and oxygen atoms in total. The van der Waals surface area contributed by atoms with E-state index in [1.54, 1.807) is 11.2 Å². The van der Waals surface area contributed by atoms with Crippen molar-refractivity contribution in [1.82, 2.24) is 34.9 Å². The van der Waals surface area contributed by atoms with Crippen molar-refractivity contribution in [3.8, 4) is 11.5 Å². The van der Waals surface area contributed by atoms with Crippen LogP contribution in [-0.2, 0) is 16.1 Å². The van der Waals surface area contributed by atoms with Gasteiger partial charge in [-0.3, -0.25) is 29.6 Å². The highest BCUT2D eigenvalue weighted by Crippen LogP contribution is 2.42. The SMILES string of the molecule is Nc1ncnc2c1C(c1ccc(Oc3ccccc3)cc1)=NC2C1CCN(CCN2CCC(CN3CCN(c4ccc5c(c4)CN(C4CCC(=O)NC4=O)C5=O)CC3)CC2)CC1. The Labute approximate surface area is 363 Å². The van der Waals surface area contributed by atoms with E-state index in [1.807, 2.05) is 66.7 Å². The minimum atomic E-state index is -0.586. The van der Waals surface area contributed by atoms with Gasteiger partial charge < -0.3 is 30.1 Å². The number of para-hydroxylation sites is 1. The molecule has 3 aromatic carbocycles. The van der Waals surface area contributed by atoms with E-state index in [9.17, 15) is 14.4 Å². The van der Waals surface area contributed by atoms with Crippen molar-refractivity contribution in [3.05, 3.63) is 107 Å². The molecule has 0 spiro atoms. The lowest BCUT2D eigenvalue weighted by Gasteiger charge is -2.40. The molecule has 6 aliphatic rings. The molecule has 4 fully saturated rings. The molecule has 4 saturated heterocycles. The van der Waals surface area contributed by atoms with E-state index in [2.05, 4.69) is 36.0 Å². The Hall–Kier alpha value is -5.70. The van der Waals surface area contributed by atoms with Crippen LogP contribution < -0.4 is 20.7 Å². The molecule has 62 heavy (non-hydrogen) atoms. The number of carbonyl (C=O) groups excluding carboxylic acids is 3. The molecule has 1 aromatic heterocycles. The lowest BCUT2D eigenvalue weighted by atomic mass is 9.87. The van der Waals surface area contributed by atoms with Gasteiger partial charge in [0.25, 0.3) is 5.91 Å². The number of ether oxygens (including phenoxy) is 1. The summed E-state index contributed by atoms with van der Waals surface area (Å²) in [6.07, 6.45) is 6.89. The molecule has 2 unspecified atom stereocenters. The van der Waals surface area contributed by atoms with Crippen LogP contribution in [0.4, 0.5) is 11.5 Å². The van der Waals surface area contributed by atoms with Crippen LogP contribution >= 0.6 is 0 Å². The molecule has 322 valence electrons. The zero-order valence-electron chi connectivity index (χ0n) is 35.3. The van der Waals surface area contributed by atoms with Crippen molar-refractivity contribution in [1.29, 1.82) is 0 Å². The zero-order chi connectivity index (χ0) is 42.2. The van der Waals surface area contributed by atoms with Gasteiger partial charge in [-0.1, -0.05) is 18.2 Å². The number of nitrogen functional groups attached to an aromatic ring is 1. The third-order valence-electron chi connectivity index (χ3n) is 14.1. The van der Waals surface area contributed by atoms with Gasteiger partial charge in [0.15, 0.2) is 0 Å². The first-order chi connectivity index (χ1) is 30.3. The molecular formula is C48H56N10O4. The fourth-order valence-electron chi connectivity index (χ4n) is 10.5. The largest absolute Gasteiger partial charge is 0.457 e. The van der Waals surface area contributed by atoms with Crippen molar-refractivity contribution in [2.45, 2.75) is 57.2 Å². The summed E-state index contributed by atoms with van der Waals surface area (Å²) in [7, 11) is 0. The molecule has 0 saturated carbocycles. The van der Waals surface area contributed by atoms with Gasteiger partial charge in [-0.25, -0.2) is 9.97 Å². The number of aliphatic imine (C=N–C) groups is 1. The molecule has 7 heterocycles. The Morgan fingerprint density at radius 3 is 2.18 bits per heavy atom. The number of hydrogen-bond donors (Lipinski definition) is 2. The summed E-state index contributed by atoms with van der Waals surface area (Å²) in [5, 5.41) is 2.39. The number of aromatic nitrogens is 2. The van der Waals surface area contributed by atoms with Crippen LogP contribution in [0.25, 0.3) is 0 Å². The van der Waals surface area contributed by atoms with Gasteiger partial charge >= 0.3 is 0 Å². The van der Waals surface area contributed by atoms with Gasteiger partial charge in [0.1, 0.15) is 29.7 Å². The second-order valence-corrected chi connectivity index (χ2v) is 17.9. The minimum absolute atomic E-state index is 0.0133. The van der Waals surface area contributed by atoms with Crippen molar-refractivity contribution in [2.24, 2.45) is 16.8 Å². The van der Waals surface area contributed by atoms with Gasteiger partial charge in [-0.2, -0.15) is 0 Å². The average Bonchev–Trinajstić information content (AvgIpc) is 3.85. The number of imide groups is 1. The fraction of sp³-hybridized carbons (Fsp3) is 0.458. The fourth-order valence-corrected chi connectivity index (χ4v) is 10.5. The van der Waals surface area contributed by atoms with Crippen molar-refractivity contribution in [3.63, 3.8) is 0 Å². The molecule has 14 heteroatoms. The Bertz CT molecular complexity index is 2320. The number of nitrogens with two attached hydrogens (primary N) is 1. The number of rotatable bonds is 11. The maximum atomic E-state index is 13.2. The first-order valence-electron chi connectivity index (χ1n) is 22.5. The molecule has 6 aliphatic heterocycles. The number of nitrogens with zero attached hydrogens (tertiary/aromatic N) is 8. The summed E-state index contributed by atoms with van der Waals surface area (Å²) in [6, 6.07) is 23.3. The zero-order valence-corrected chi connectivity index (χ0v) is 35.3. The van der Waals surface area contributed by atoms with Crippen LogP contribution in [0.5, 0.6) is 11.5 Å². The maximum absolute atomic E-state index is 13.2. The lowest BCUT2D eigenvalue weighted by Crippen LogP contribution is -2.52. The third kappa shape index (κ3) is 8.43. The Morgan fingerprint density at radius 1 is 0.742 bits per heavy atom. The predicted octanol–water partition coefficient (Wildman–Crippen LogP) is 4.75. The van der Waals surface area contributed by atoms with E-state index >= 15 is 0 Å². The standard InChI is InChI=1S/C48H56N10O4/c49-46-42-43(33-6-9-38(10-7-33)62-37-4-2-1-3-5-37)53-44(45(42)50-31-51-46)34-16-20-55(21-17-34)23-22-54-18-14-32(15-19-54)29-56-24-26-57(27-25-56)36-8-11-39-35(28-36)30-58(48(39)61)40-12-13-41(59)52-47(40)60/h1-11,28,31-32,34,40,44H,12-27,29-30H2,(H2,49,50,51)(H,52,59,60). The second-order valence-electron chi connectivity index (χ2n) is 17.9. The summed E-state index contributed by atoms with van der Waals surface area (Å²) in [5.41, 5.74) is 13.0. The van der Waals surface area contributed by atoms with Crippen LogP contribution in [0.1, 0.15) is 77.3 Å². The summed E-state index contributed by atoms with van der Waals surface area (Å²) < 4.78 is 6.03. The average molecular weight is 837 g/mol. The lowest BCUT2D eigenvalue weighted by molar-refractivity contribution is -0.136. The third-order valence-corrected chi connectivity index (χ3v) is 14.1. The van der Waals surface area contributed by atoms with Gasteiger partial charge in [-0.05, 0) is 130 Å². The van der Waals surface area contributed by atoms with Crippen LogP contribution in [0.2, 0.25) is 0 Å². The number of amides is 3. The minimum Gasteiger partial charge on any atom is -0.457 e. The molecule has 0 radical (unpaired) electrons. The summed E-state index contributed by atoms with van der Waals surface area (Å²) in [6.45, 7) is 12.3. The number of carbonyl (C=O) groups is 3. The van der Waals surface area contributed by atoms with Crippen molar-refractivity contribution in [2.75, 3.05) is 82.6 Å². The van der Waals surface area contributed by atoms with Crippen LogP contribution in [0.15, 0.2) is 84.1 Å². The number of hydrogen-bond acceptors (Lipinski definition) is 12. The summed E-state index contributed by atoms with van der Waals surface area (Å²) in [4.78, 5) is 63.7. The quantitative estimate of drug-likeness (QED) is 0.202. The van der Waals surface area contributed by atoms with Gasteiger partial charge in [-0.15, -0.1) is 0 Å². The first kappa shape index (κ1) is 40.4. The second kappa shape index (κ2) is 17.6. The molecule has 0 aliphatic carbocycles. The number of fused-ring (bicyclic) bond motifs is 2. The van der Waals surface area contributed by atoms with E-state index in [4.69, 9.17) is 20.4 Å². The number of piperidine rings is 3. The maximum Gasteiger partial charge on any atom is 0.255 e. The summed E-state index contributed by atoms with van der Waals surface area (Å²) >= 11 is 0. The normalized spacial score (nSPS) is 23.0. The van der Waals surface area contributed by atoms with E-state index in [0.717, 1.165) is 123 Å². The number of anilines is 2. The van der Waals surface area contributed by atoms with Gasteiger partial charge in [0.2, 0.25) is 11.8 Å². The summed E-state index contributed by atoms with van der Waals surface area (Å²) in [5.74, 6) is 2.45. The van der Waals surface area contributed by atoms with E-state index in [0.29, 0.717) is 30.3 Å². The van der Waals surface area contributed by atoms with Crippen LogP contribution in [-0.4, -0.2) is 131 Å². The number of piperazine rings is 1. The predicted molar refractivity (Wildman–Crippen MR) is 237 cm³/mol. The number of nitrogens with one attached hydrogen (secondary N) is 1. The van der Waals surface area contributed by atoms with Gasteiger partial charge in [0.05, 0.1) is 23.0 Å². The monoisotopic (exact) mass is 836 g/mol. The highest BCUT2D eigenvalue weighted by Gasteiger charge is 2.40. The number of benzene rings is 3. The highest BCUT2D eigenvalue weighted by atomic mass is 16.5. The van der Waals surface area contributed by atoms with Crippen LogP contribution in [0.3, 0.4) is 0 Å². The van der Waals surface area contributed by atoms with E-state index in [-0.39, 0.29) is 30.2 Å².